The van der Waals surface area contributed by atoms with Crippen molar-refractivity contribution in [3.8, 4) is 0 Å². The highest BCUT2D eigenvalue weighted by Gasteiger charge is 2.10. The number of carbonyl (C=O) groups excluding carboxylic acids is 1. The van der Waals surface area contributed by atoms with Crippen LogP contribution in [0.5, 0.6) is 0 Å². The van der Waals surface area contributed by atoms with Gasteiger partial charge in [-0.3, -0.25) is 4.79 Å². The van der Waals surface area contributed by atoms with Crippen LogP contribution >= 0.6 is 34.7 Å². The Morgan fingerprint density at radius 3 is 2.75 bits per heavy atom. The number of nitrogens with one attached hydrogen (secondary N) is 1. The summed E-state index contributed by atoms with van der Waals surface area (Å²) in [5, 5.41) is 5.77. The van der Waals surface area contributed by atoms with Gasteiger partial charge in [0, 0.05) is 15.7 Å². The van der Waals surface area contributed by atoms with Gasteiger partial charge in [0.25, 0.3) is 0 Å². The zero-order chi connectivity index (χ0) is 14.4. The molecular weight excluding hydrogens is 310 g/mol. The van der Waals surface area contributed by atoms with E-state index in [4.69, 9.17) is 11.6 Å². The van der Waals surface area contributed by atoms with Gasteiger partial charge in [-0.05, 0) is 36.1 Å². The van der Waals surface area contributed by atoms with E-state index in [0.29, 0.717) is 5.75 Å². The molecule has 0 aliphatic carbocycles. The van der Waals surface area contributed by atoms with Gasteiger partial charge >= 0.3 is 0 Å². The fourth-order valence-electron chi connectivity index (χ4n) is 1.73. The summed E-state index contributed by atoms with van der Waals surface area (Å²) in [4.78, 5) is 13.0. The minimum Gasteiger partial charge on any atom is -0.348 e. The molecule has 1 atom stereocenters. The standard InChI is InChI=1S/C15H16ClNOS2/c1-11(14-3-2-8-20-14)17-15(18)10-19-9-12-4-6-13(16)7-5-12/h2-8,11H,9-10H2,1H3,(H,17,18). The fourth-order valence-corrected chi connectivity index (χ4v) is 3.39. The van der Waals surface area contributed by atoms with Gasteiger partial charge in [0.2, 0.25) is 5.91 Å². The van der Waals surface area contributed by atoms with E-state index < -0.39 is 0 Å². The van der Waals surface area contributed by atoms with Crippen molar-refractivity contribution < 1.29 is 4.79 Å². The maximum absolute atomic E-state index is 11.8. The van der Waals surface area contributed by atoms with Gasteiger partial charge in [-0.1, -0.05) is 29.8 Å². The molecule has 1 aromatic heterocycles. The number of carbonyl (C=O) groups is 1. The van der Waals surface area contributed by atoms with Crippen LogP contribution in [0.25, 0.3) is 0 Å². The third-order valence-corrected chi connectivity index (χ3v) is 5.07. The Labute approximate surface area is 132 Å². The van der Waals surface area contributed by atoms with Crippen LogP contribution in [-0.4, -0.2) is 11.7 Å². The van der Waals surface area contributed by atoms with Gasteiger partial charge in [0.15, 0.2) is 0 Å². The number of halogens is 1. The van der Waals surface area contributed by atoms with E-state index in [1.165, 1.54) is 10.4 Å². The van der Waals surface area contributed by atoms with Gasteiger partial charge in [0.05, 0.1) is 11.8 Å². The molecule has 0 saturated carbocycles. The highest BCUT2D eigenvalue weighted by molar-refractivity contribution is 7.99. The van der Waals surface area contributed by atoms with E-state index in [0.717, 1.165) is 10.8 Å². The van der Waals surface area contributed by atoms with E-state index in [2.05, 4.69) is 5.32 Å². The summed E-state index contributed by atoms with van der Waals surface area (Å²) in [6.07, 6.45) is 0. The lowest BCUT2D eigenvalue weighted by Crippen LogP contribution is -2.27. The average Bonchev–Trinajstić information content (AvgIpc) is 2.95. The minimum atomic E-state index is 0.0739. The third kappa shape index (κ3) is 4.85. The van der Waals surface area contributed by atoms with Gasteiger partial charge in [-0.25, -0.2) is 0 Å². The molecule has 1 unspecified atom stereocenters. The maximum Gasteiger partial charge on any atom is 0.230 e. The normalized spacial score (nSPS) is 12.1. The molecule has 2 rings (SSSR count). The number of thiophene rings is 1. The molecule has 1 amide bonds. The predicted molar refractivity (Wildman–Crippen MR) is 88.5 cm³/mol. The molecule has 0 saturated heterocycles. The SMILES string of the molecule is CC(NC(=O)CSCc1ccc(Cl)cc1)c1cccs1. The highest BCUT2D eigenvalue weighted by atomic mass is 35.5. The number of hydrogen-bond donors (Lipinski definition) is 1. The number of thioether (sulfide) groups is 1. The topological polar surface area (TPSA) is 29.1 Å². The summed E-state index contributed by atoms with van der Waals surface area (Å²) in [5.74, 6) is 1.36. The molecule has 0 fully saturated rings. The molecule has 0 aliphatic rings. The first-order valence-electron chi connectivity index (χ1n) is 6.30. The minimum absolute atomic E-state index is 0.0739. The molecule has 2 nitrogen and oxygen atoms in total. The average molecular weight is 326 g/mol. The molecule has 5 heteroatoms. The van der Waals surface area contributed by atoms with Gasteiger partial charge in [-0.15, -0.1) is 23.1 Å². The Hall–Kier alpha value is -0.970. The van der Waals surface area contributed by atoms with Crippen LogP contribution in [0, 0.1) is 0 Å². The maximum atomic E-state index is 11.8. The lowest BCUT2D eigenvalue weighted by Gasteiger charge is -2.11. The first-order valence-corrected chi connectivity index (χ1v) is 8.71. The summed E-state index contributed by atoms with van der Waals surface area (Å²) in [6.45, 7) is 2.01. The molecule has 0 bridgehead atoms. The van der Waals surface area contributed by atoms with Crippen molar-refractivity contribution in [2.24, 2.45) is 0 Å². The second kappa shape index (κ2) is 7.72. The monoisotopic (exact) mass is 325 g/mol. The first-order chi connectivity index (χ1) is 9.65. The van der Waals surface area contributed by atoms with E-state index >= 15 is 0 Å². The van der Waals surface area contributed by atoms with Crippen LogP contribution in [0.4, 0.5) is 0 Å². The summed E-state index contributed by atoms with van der Waals surface area (Å²) >= 11 is 9.10. The number of benzene rings is 1. The Bertz CT molecular complexity index is 540. The molecule has 106 valence electrons. The first kappa shape index (κ1) is 15.4. The van der Waals surface area contributed by atoms with E-state index in [-0.39, 0.29) is 11.9 Å². The van der Waals surface area contributed by atoms with E-state index in [1.807, 2.05) is 48.7 Å². The Morgan fingerprint density at radius 1 is 1.35 bits per heavy atom. The van der Waals surface area contributed by atoms with Crippen molar-refractivity contribution in [2.45, 2.75) is 18.7 Å². The van der Waals surface area contributed by atoms with Crippen molar-refractivity contribution >= 4 is 40.6 Å². The zero-order valence-corrected chi connectivity index (χ0v) is 13.5. The Morgan fingerprint density at radius 2 is 2.10 bits per heavy atom. The zero-order valence-electron chi connectivity index (χ0n) is 11.1. The van der Waals surface area contributed by atoms with Crippen molar-refractivity contribution in [3.05, 3.63) is 57.2 Å². The Balaban J connectivity index is 1.71. The lowest BCUT2D eigenvalue weighted by molar-refractivity contribution is -0.119. The smallest absolute Gasteiger partial charge is 0.230 e. The molecule has 0 spiro atoms. The van der Waals surface area contributed by atoms with Crippen LogP contribution < -0.4 is 5.32 Å². The van der Waals surface area contributed by atoms with Gasteiger partial charge in [0.1, 0.15) is 0 Å². The fraction of sp³-hybridized carbons (Fsp3) is 0.267. The van der Waals surface area contributed by atoms with E-state index in [9.17, 15) is 4.79 Å². The summed E-state index contributed by atoms with van der Waals surface area (Å²) in [6, 6.07) is 11.8. The molecule has 1 N–H and O–H groups in total. The largest absolute Gasteiger partial charge is 0.348 e. The van der Waals surface area contributed by atoms with Crippen LogP contribution in [-0.2, 0) is 10.5 Å². The molecule has 2 aromatic rings. The summed E-state index contributed by atoms with van der Waals surface area (Å²) < 4.78 is 0. The van der Waals surface area contributed by atoms with Crippen LogP contribution in [0.2, 0.25) is 5.02 Å². The molecule has 1 heterocycles. The second-order valence-corrected chi connectivity index (χ2v) is 6.83. The van der Waals surface area contributed by atoms with Crippen LogP contribution in [0.15, 0.2) is 41.8 Å². The second-order valence-electron chi connectivity index (χ2n) is 4.42. The molecule has 0 aliphatic heterocycles. The highest BCUT2D eigenvalue weighted by Crippen LogP contribution is 2.19. The predicted octanol–water partition coefficient (Wildman–Crippen LogP) is 4.51. The quantitative estimate of drug-likeness (QED) is 0.846. The summed E-state index contributed by atoms with van der Waals surface area (Å²) in [5.41, 5.74) is 1.18. The van der Waals surface area contributed by atoms with Crippen molar-refractivity contribution in [3.63, 3.8) is 0 Å². The lowest BCUT2D eigenvalue weighted by atomic mass is 10.2. The summed E-state index contributed by atoms with van der Waals surface area (Å²) in [7, 11) is 0. The number of rotatable bonds is 6. The van der Waals surface area contributed by atoms with Crippen molar-refractivity contribution in [1.82, 2.24) is 5.32 Å². The van der Waals surface area contributed by atoms with Crippen LogP contribution in [0.3, 0.4) is 0 Å². The molecule has 0 radical (unpaired) electrons. The molecule has 20 heavy (non-hydrogen) atoms. The third-order valence-electron chi connectivity index (χ3n) is 2.76. The molecular formula is C15H16ClNOS2. The molecule has 1 aromatic carbocycles. The van der Waals surface area contributed by atoms with Crippen LogP contribution in [0.1, 0.15) is 23.4 Å². The number of amides is 1. The Kier molecular flexibility index (Phi) is 5.95. The van der Waals surface area contributed by atoms with Crippen molar-refractivity contribution in [2.75, 3.05) is 5.75 Å². The van der Waals surface area contributed by atoms with E-state index in [1.54, 1.807) is 23.1 Å². The number of hydrogen-bond acceptors (Lipinski definition) is 3. The van der Waals surface area contributed by atoms with Gasteiger partial charge in [-0.2, -0.15) is 0 Å². The van der Waals surface area contributed by atoms with Crippen molar-refractivity contribution in [1.29, 1.82) is 0 Å². The van der Waals surface area contributed by atoms with Gasteiger partial charge < -0.3 is 5.32 Å².